The summed E-state index contributed by atoms with van der Waals surface area (Å²) in [5, 5.41) is 0.550. The summed E-state index contributed by atoms with van der Waals surface area (Å²) in [5.41, 5.74) is 0.706. The van der Waals surface area contributed by atoms with Crippen LogP contribution in [-0.4, -0.2) is 15.0 Å². The molecule has 0 aromatic heterocycles. The minimum Gasteiger partial charge on any atom is -0.488 e. The van der Waals surface area contributed by atoms with E-state index in [-0.39, 0.29) is 11.5 Å². The molecule has 20 heavy (non-hydrogen) atoms. The molecule has 2 aromatic rings. The number of benzene rings is 2. The van der Waals surface area contributed by atoms with Crippen molar-refractivity contribution in [3.8, 4) is 5.75 Å². The number of ether oxygens (including phenoxy) is 1. The van der Waals surface area contributed by atoms with Crippen molar-refractivity contribution in [3.05, 3.63) is 64.0 Å². The van der Waals surface area contributed by atoms with Crippen molar-refractivity contribution in [1.82, 2.24) is 0 Å². The lowest BCUT2D eigenvalue weighted by atomic mass is 10.2. The lowest BCUT2D eigenvalue weighted by Gasteiger charge is -2.07. The van der Waals surface area contributed by atoms with Crippen LogP contribution in [0, 0.1) is 0 Å². The Kier molecular flexibility index (Phi) is 3.28. The SMILES string of the molecule is O=S1(=O)C(COc2cccc(Cl)c2)=Cc2ccccc21. The van der Waals surface area contributed by atoms with Crippen LogP contribution < -0.4 is 4.74 Å². The second kappa shape index (κ2) is 4.96. The van der Waals surface area contributed by atoms with Crippen molar-refractivity contribution < 1.29 is 13.2 Å². The highest BCUT2D eigenvalue weighted by molar-refractivity contribution is 7.95. The summed E-state index contributed by atoms with van der Waals surface area (Å²) in [6.45, 7) is -0.00262. The van der Waals surface area contributed by atoms with E-state index in [1.54, 1.807) is 48.5 Å². The highest BCUT2D eigenvalue weighted by Crippen LogP contribution is 2.32. The van der Waals surface area contributed by atoms with Crippen LogP contribution in [0.2, 0.25) is 5.02 Å². The summed E-state index contributed by atoms with van der Waals surface area (Å²) in [6.07, 6.45) is 1.65. The molecule has 0 radical (unpaired) electrons. The van der Waals surface area contributed by atoms with E-state index in [4.69, 9.17) is 16.3 Å². The quantitative estimate of drug-likeness (QED) is 0.871. The van der Waals surface area contributed by atoms with Crippen molar-refractivity contribution in [2.24, 2.45) is 0 Å². The molecule has 1 heterocycles. The first kappa shape index (κ1) is 13.2. The van der Waals surface area contributed by atoms with E-state index in [1.807, 2.05) is 6.07 Å². The van der Waals surface area contributed by atoms with Crippen LogP contribution in [0.15, 0.2) is 58.3 Å². The molecule has 0 unspecified atom stereocenters. The lowest BCUT2D eigenvalue weighted by Crippen LogP contribution is -2.08. The summed E-state index contributed by atoms with van der Waals surface area (Å²) in [6, 6.07) is 13.8. The molecule has 0 saturated heterocycles. The molecule has 1 aliphatic rings. The van der Waals surface area contributed by atoms with E-state index in [2.05, 4.69) is 0 Å². The normalized spacial score (nSPS) is 15.6. The van der Waals surface area contributed by atoms with Gasteiger partial charge in [0.2, 0.25) is 9.84 Å². The monoisotopic (exact) mass is 306 g/mol. The smallest absolute Gasteiger partial charge is 0.206 e. The molecule has 0 aliphatic carbocycles. The van der Waals surface area contributed by atoms with Crippen LogP contribution in [0.3, 0.4) is 0 Å². The predicted octanol–water partition coefficient (Wildman–Crippen LogP) is 3.55. The van der Waals surface area contributed by atoms with Crippen LogP contribution in [0.25, 0.3) is 6.08 Å². The predicted molar refractivity (Wildman–Crippen MR) is 78.6 cm³/mol. The molecule has 1 aliphatic heterocycles. The molecule has 3 nitrogen and oxygen atoms in total. The van der Waals surface area contributed by atoms with Gasteiger partial charge in [0, 0.05) is 5.02 Å². The van der Waals surface area contributed by atoms with Gasteiger partial charge in [-0.2, -0.15) is 0 Å². The number of halogens is 1. The fraction of sp³-hybridized carbons (Fsp3) is 0.0667. The zero-order chi connectivity index (χ0) is 14.2. The number of fused-ring (bicyclic) bond motifs is 1. The Bertz CT molecular complexity index is 794. The molecule has 2 aromatic carbocycles. The standard InChI is InChI=1S/C15H11ClO3S/c16-12-5-3-6-13(9-12)19-10-14-8-11-4-1-2-7-15(11)20(14,17)18/h1-9H,10H2. The molecule has 0 fully saturated rings. The van der Waals surface area contributed by atoms with E-state index in [0.717, 1.165) is 0 Å². The summed E-state index contributed by atoms with van der Waals surface area (Å²) in [4.78, 5) is 0.600. The molecule has 102 valence electrons. The van der Waals surface area contributed by atoms with Crippen molar-refractivity contribution in [3.63, 3.8) is 0 Å². The summed E-state index contributed by atoms with van der Waals surface area (Å²) in [7, 11) is -3.42. The molecule has 0 amide bonds. The van der Waals surface area contributed by atoms with Crippen LogP contribution in [0.4, 0.5) is 0 Å². The van der Waals surface area contributed by atoms with Crippen molar-refractivity contribution in [1.29, 1.82) is 0 Å². The second-order valence-electron chi connectivity index (χ2n) is 4.40. The topological polar surface area (TPSA) is 43.4 Å². The first-order valence-corrected chi connectivity index (χ1v) is 7.86. The van der Waals surface area contributed by atoms with Gasteiger partial charge in [-0.3, -0.25) is 0 Å². The van der Waals surface area contributed by atoms with Gasteiger partial charge in [0.15, 0.2) is 0 Å². The van der Waals surface area contributed by atoms with E-state index in [1.165, 1.54) is 0 Å². The molecule has 0 atom stereocenters. The molecular weight excluding hydrogens is 296 g/mol. The molecule has 0 N–H and O–H groups in total. The third kappa shape index (κ3) is 2.32. The third-order valence-corrected chi connectivity index (χ3v) is 5.16. The van der Waals surface area contributed by atoms with E-state index >= 15 is 0 Å². The molecule has 0 spiro atoms. The van der Waals surface area contributed by atoms with Crippen LogP contribution >= 0.6 is 11.6 Å². The van der Waals surface area contributed by atoms with Gasteiger partial charge in [0.25, 0.3) is 0 Å². The number of rotatable bonds is 3. The molecule has 5 heteroatoms. The lowest BCUT2D eigenvalue weighted by molar-refractivity contribution is 0.359. The largest absolute Gasteiger partial charge is 0.488 e. The van der Waals surface area contributed by atoms with Gasteiger partial charge in [-0.25, -0.2) is 8.42 Å². The van der Waals surface area contributed by atoms with Gasteiger partial charge in [-0.05, 0) is 35.9 Å². The second-order valence-corrected chi connectivity index (χ2v) is 6.81. The average Bonchev–Trinajstić information content (AvgIpc) is 2.68. The average molecular weight is 307 g/mol. The molecule has 0 bridgehead atoms. The Morgan fingerprint density at radius 3 is 2.60 bits per heavy atom. The van der Waals surface area contributed by atoms with Gasteiger partial charge in [0.1, 0.15) is 12.4 Å². The zero-order valence-corrected chi connectivity index (χ0v) is 12.0. The fourth-order valence-corrected chi connectivity index (χ4v) is 3.72. The van der Waals surface area contributed by atoms with Crippen LogP contribution in [0.1, 0.15) is 5.56 Å². The third-order valence-electron chi connectivity index (χ3n) is 3.05. The van der Waals surface area contributed by atoms with Crippen LogP contribution in [-0.2, 0) is 9.84 Å². The Hall–Kier alpha value is -1.78. The first-order chi connectivity index (χ1) is 9.57. The van der Waals surface area contributed by atoms with Crippen molar-refractivity contribution >= 4 is 27.5 Å². The Morgan fingerprint density at radius 1 is 1.05 bits per heavy atom. The summed E-state index contributed by atoms with van der Waals surface area (Å²) < 4.78 is 30.1. The molecule has 3 rings (SSSR count). The maximum Gasteiger partial charge on any atom is 0.206 e. The number of sulfone groups is 1. The van der Waals surface area contributed by atoms with Gasteiger partial charge in [-0.1, -0.05) is 35.9 Å². The molecule has 0 saturated carbocycles. The minimum atomic E-state index is -3.42. The van der Waals surface area contributed by atoms with Gasteiger partial charge < -0.3 is 4.74 Å². The fourth-order valence-electron chi connectivity index (χ4n) is 2.07. The number of hydrogen-bond donors (Lipinski definition) is 0. The van der Waals surface area contributed by atoms with Gasteiger partial charge in [0.05, 0.1) is 9.80 Å². The minimum absolute atomic E-state index is 0.00262. The van der Waals surface area contributed by atoms with Crippen molar-refractivity contribution in [2.75, 3.05) is 6.61 Å². The van der Waals surface area contributed by atoms with E-state index in [0.29, 0.717) is 21.2 Å². The Balaban J connectivity index is 1.84. The van der Waals surface area contributed by atoms with E-state index in [9.17, 15) is 8.42 Å². The van der Waals surface area contributed by atoms with Crippen molar-refractivity contribution in [2.45, 2.75) is 4.90 Å². The molecular formula is C15H11ClO3S. The van der Waals surface area contributed by atoms with Gasteiger partial charge >= 0.3 is 0 Å². The Labute approximate surface area is 122 Å². The highest BCUT2D eigenvalue weighted by Gasteiger charge is 2.29. The van der Waals surface area contributed by atoms with Crippen LogP contribution in [0.5, 0.6) is 5.75 Å². The summed E-state index contributed by atoms with van der Waals surface area (Å²) >= 11 is 5.86. The number of hydrogen-bond acceptors (Lipinski definition) is 3. The maximum absolute atomic E-state index is 12.3. The summed E-state index contributed by atoms with van der Waals surface area (Å²) in [5.74, 6) is 0.546. The first-order valence-electron chi connectivity index (χ1n) is 6.00. The zero-order valence-electron chi connectivity index (χ0n) is 10.4. The highest BCUT2D eigenvalue weighted by atomic mass is 35.5. The maximum atomic E-state index is 12.3. The Morgan fingerprint density at radius 2 is 1.85 bits per heavy atom. The van der Waals surface area contributed by atoms with E-state index < -0.39 is 9.84 Å². The van der Waals surface area contributed by atoms with Gasteiger partial charge in [-0.15, -0.1) is 0 Å².